The molecule has 3 heterocycles. The van der Waals surface area contributed by atoms with Gasteiger partial charge in [0.05, 0.1) is 32.1 Å². The molecule has 2 aromatic heterocycles. The van der Waals surface area contributed by atoms with Crippen LogP contribution in [0.4, 0.5) is 5.69 Å². The molecule has 126 valence electrons. The third-order valence-corrected chi connectivity index (χ3v) is 5.06. The molecule has 1 aliphatic heterocycles. The van der Waals surface area contributed by atoms with Crippen LogP contribution in [0.2, 0.25) is 0 Å². The third kappa shape index (κ3) is 1.99. The molecule has 3 aromatic rings. The summed E-state index contributed by atoms with van der Waals surface area (Å²) in [7, 11) is 1.48. The van der Waals surface area contributed by atoms with E-state index < -0.39 is 29.7 Å². The van der Waals surface area contributed by atoms with E-state index in [1.54, 1.807) is 27.0 Å². The molecule has 4 heteroatoms. The summed E-state index contributed by atoms with van der Waals surface area (Å²) < 4.78 is 47.6. The summed E-state index contributed by atoms with van der Waals surface area (Å²) in [5, 5.41) is 1.76. The van der Waals surface area contributed by atoms with Crippen LogP contribution in [0.5, 0.6) is 0 Å². The van der Waals surface area contributed by atoms with Gasteiger partial charge in [0.1, 0.15) is 6.50 Å². The predicted octanol–water partition coefficient (Wildman–Crippen LogP) is 4.31. The van der Waals surface area contributed by atoms with E-state index >= 15 is 0 Å². The van der Waals surface area contributed by atoms with Gasteiger partial charge in [-0.05, 0) is 38.5 Å². The molecule has 0 spiro atoms. The van der Waals surface area contributed by atoms with Crippen molar-refractivity contribution in [3.05, 3.63) is 36.0 Å². The van der Waals surface area contributed by atoms with Crippen molar-refractivity contribution in [3.63, 3.8) is 0 Å². The molecule has 1 saturated heterocycles. The zero-order valence-electron chi connectivity index (χ0n) is 19.7. The molecule has 2 unspecified atom stereocenters. The van der Waals surface area contributed by atoms with Crippen molar-refractivity contribution >= 4 is 27.8 Å². The van der Waals surface area contributed by atoms with Crippen LogP contribution < -0.4 is 4.90 Å². The predicted molar refractivity (Wildman–Crippen MR) is 99.2 cm³/mol. The van der Waals surface area contributed by atoms with Gasteiger partial charge in [0, 0.05) is 23.9 Å². The number of anilines is 1. The molecule has 0 radical (unpaired) electrons. The molecule has 1 aromatic carbocycles. The van der Waals surface area contributed by atoms with Gasteiger partial charge in [-0.1, -0.05) is 12.1 Å². The number of aryl methyl sites for hydroxylation is 1. The second-order valence-corrected chi connectivity index (χ2v) is 7.31. The highest BCUT2D eigenvalue weighted by molar-refractivity contribution is 6.08. The van der Waals surface area contributed by atoms with Gasteiger partial charge in [-0.15, -0.1) is 0 Å². The molecule has 4 nitrogen and oxygen atoms in total. The number of hydrogen-bond acceptors (Lipinski definition) is 3. The molecule has 1 fully saturated rings. The van der Waals surface area contributed by atoms with Crippen LogP contribution in [-0.2, 0) is 0 Å². The lowest BCUT2D eigenvalue weighted by atomic mass is 10.0. The first kappa shape index (κ1) is 10.7. The van der Waals surface area contributed by atoms with E-state index in [0.717, 1.165) is 16.3 Å². The Morgan fingerprint density at radius 2 is 2.17 bits per heavy atom. The van der Waals surface area contributed by atoms with Crippen LogP contribution in [0.1, 0.15) is 33.2 Å². The Morgan fingerprint density at radius 1 is 1.38 bits per heavy atom. The average Bonchev–Trinajstić information content (AvgIpc) is 3.04. The highest BCUT2D eigenvalue weighted by atomic mass is 16.3. The number of hydrogen-bond donors (Lipinski definition) is 0. The van der Waals surface area contributed by atoms with Crippen LogP contribution in [0, 0.1) is 6.92 Å². The lowest BCUT2D eigenvalue weighted by Crippen LogP contribution is -2.48. The van der Waals surface area contributed by atoms with Crippen molar-refractivity contribution in [2.24, 2.45) is 0 Å². The summed E-state index contributed by atoms with van der Waals surface area (Å²) in [5.74, 6) is 0. The molecular weight excluding hydrogens is 298 g/mol. The standard InChI is InChI=1S/C20H26N3O/c1-13-9-10-15-16-8-7-11-21-19(16)24-18(15)17(13)22-14(2)23(5,6)12-20(22,3)4/h7-11,14H,12H2,1-6H3/q+1/i5D3,12D2. The van der Waals surface area contributed by atoms with Crippen LogP contribution in [0.3, 0.4) is 0 Å². The maximum atomic E-state index is 8.89. The van der Waals surface area contributed by atoms with E-state index in [1.165, 1.54) is 7.05 Å². The Hall–Kier alpha value is -2.07. The van der Waals surface area contributed by atoms with Gasteiger partial charge in [-0.2, -0.15) is 0 Å². The molecule has 0 saturated carbocycles. The monoisotopic (exact) mass is 329 g/mol. The van der Waals surface area contributed by atoms with E-state index in [-0.39, 0.29) is 0 Å². The van der Waals surface area contributed by atoms with E-state index in [0.29, 0.717) is 17.0 Å². The van der Waals surface area contributed by atoms with E-state index in [1.807, 2.05) is 36.1 Å². The molecule has 0 amide bonds. The van der Waals surface area contributed by atoms with Crippen molar-refractivity contribution in [2.45, 2.75) is 39.4 Å². The van der Waals surface area contributed by atoms with Gasteiger partial charge in [0.2, 0.25) is 5.71 Å². The number of quaternary nitrogens is 1. The van der Waals surface area contributed by atoms with Crippen molar-refractivity contribution in [3.8, 4) is 0 Å². The first-order chi connectivity index (χ1) is 13.3. The van der Waals surface area contributed by atoms with Gasteiger partial charge in [0.15, 0.2) is 11.7 Å². The summed E-state index contributed by atoms with van der Waals surface area (Å²) in [5.41, 5.74) is 1.61. The minimum absolute atomic E-state index is 0.509. The lowest BCUT2D eigenvalue weighted by Gasteiger charge is -2.35. The smallest absolute Gasteiger partial charge is 0.227 e. The van der Waals surface area contributed by atoms with Crippen molar-refractivity contribution < 1.29 is 15.8 Å². The van der Waals surface area contributed by atoms with Gasteiger partial charge < -0.3 is 13.8 Å². The fraction of sp³-hybridized carbons (Fsp3) is 0.450. The van der Waals surface area contributed by atoms with Crippen LogP contribution in [0.25, 0.3) is 22.1 Å². The second-order valence-electron chi connectivity index (χ2n) is 7.31. The average molecular weight is 329 g/mol. The number of fused-ring (bicyclic) bond motifs is 3. The lowest BCUT2D eigenvalue weighted by molar-refractivity contribution is -0.900. The summed E-state index contributed by atoms with van der Waals surface area (Å²) in [6.07, 6.45) is 1.01. The van der Waals surface area contributed by atoms with Crippen LogP contribution in [-0.4, -0.2) is 41.7 Å². The van der Waals surface area contributed by atoms with E-state index in [4.69, 9.17) is 11.3 Å². The van der Waals surface area contributed by atoms with Crippen molar-refractivity contribution in [1.82, 2.24) is 4.98 Å². The number of nitrogens with zero attached hydrogens (tertiary/aromatic N) is 3. The van der Waals surface area contributed by atoms with Crippen LogP contribution >= 0.6 is 0 Å². The number of aromatic nitrogens is 1. The molecular formula is C20H26N3O+. The first-order valence-electron chi connectivity index (χ1n) is 10.7. The van der Waals surface area contributed by atoms with Gasteiger partial charge >= 0.3 is 0 Å². The summed E-state index contributed by atoms with van der Waals surface area (Å²) >= 11 is 0. The fourth-order valence-corrected chi connectivity index (χ4v) is 3.94. The number of rotatable bonds is 1. The van der Waals surface area contributed by atoms with Crippen molar-refractivity contribution in [1.29, 1.82) is 0 Å². The van der Waals surface area contributed by atoms with Gasteiger partial charge in [-0.3, -0.25) is 0 Å². The number of likely N-dealkylation sites (N-methyl/N-ethyl adjacent to an activating group) is 1. The largest absolute Gasteiger partial charge is 0.436 e. The Morgan fingerprint density at radius 3 is 2.88 bits per heavy atom. The molecule has 24 heavy (non-hydrogen) atoms. The summed E-state index contributed by atoms with van der Waals surface area (Å²) in [6.45, 7) is 2.66. The first-order valence-corrected chi connectivity index (χ1v) is 8.19. The second kappa shape index (κ2) is 4.73. The summed E-state index contributed by atoms with van der Waals surface area (Å²) in [4.78, 5) is 6.20. The zero-order valence-corrected chi connectivity index (χ0v) is 14.7. The highest BCUT2D eigenvalue weighted by Crippen LogP contribution is 2.44. The number of benzene rings is 1. The molecule has 0 bridgehead atoms. The minimum atomic E-state index is -2.54. The Bertz CT molecular complexity index is 1120. The normalized spacial score (nSPS) is 32.3. The maximum Gasteiger partial charge on any atom is 0.227 e. The van der Waals surface area contributed by atoms with Gasteiger partial charge in [0.25, 0.3) is 0 Å². The minimum Gasteiger partial charge on any atom is -0.436 e. The van der Waals surface area contributed by atoms with Crippen molar-refractivity contribution in [2.75, 3.05) is 25.4 Å². The van der Waals surface area contributed by atoms with Crippen LogP contribution in [0.15, 0.2) is 34.9 Å². The molecule has 2 atom stereocenters. The van der Waals surface area contributed by atoms with E-state index in [9.17, 15) is 0 Å². The third-order valence-electron chi connectivity index (χ3n) is 5.06. The summed E-state index contributed by atoms with van der Waals surface area (Å²) in [6, 6.07) is 7.73. The molecule has 0 aliphatic carbocycles. The maximum absolute atomic E-state index is 8.89. The Labute approximate surface area is 150 Å². The Kier molecular flexibility index (Phi) is 2.11. The zero-order chi connectivity index (χ0) is 21.6. The Balaban J connectivity index is 2.07. The SMILES string of the molecule is [2H]C([2H])([2H])[N+]1(C)C(C)N(c2c(C)ccc3c2oc2ncccc23)C(C)(C)C1([2H])[2H]. The molecule has 0 N–H and O–H groups in total. The fourth-order valence-electron chi connectivity index (χ4n) is 3.94. The number of furan rings is 1. The van der Waals surface area contributed by atoms with Gasteiger partial charge in [-0.25, -0.2) is 4.98 Å². The topological polar surface area (TPSA) is 29.3 Å². The van der Waals surface area contributed by atoms with E-state index in [2.05, 4.69) is 4.98 Å². The molecule has 1 aliphatic rings. The number of pyridine rings is 1. The quantitative estimate of drug-likeness (QED) is 0.623. The highest BCUT2D eigenvalue weighted by Gasteiger charge is 2.51. The molecule has 4 rings (SSSR count).